The number of morpholine rings is 1. The van der Waals surface area contributed by atoms with Crippen LogP contribution in [-0.4, -0.2) is 60.1 Å². The number of non-ortho nitro benzene ring substituents is 1. The second-order valence-electron chi connectivity index (χ2n) is 7.46. The fourth-order valence-corrected chi connectivity index (χ4v) is 5.69. The van der Waals surface area contributed by atoms with E-state index < -0.39 is 4.92 Å². The number of fused-ring (bicyclic) bond motifs is 2. The number of thiophene rings is 1. The van der Waals surface area contributed by atoms with Crippen LogP contribution in [-0.2, 0) is 4.74 Å². The van der Waals surface area contributed by atoms with Crippen LogP contribution in [0.1, 0.15) is 9.67 Å². The number of hydrogen-bond donors (Lipinski definition) is 0. The van der Waals surface area contributed by atoms with Crippen molar-refractivity contribution < 1.29 is 14.5 Å². The minimum absolute atomic E-state index is 0.0182. The van der Waals surface area contributed by atoms with Gasteiger partial charge in [-0.1, -0.05) is 23.5 Å². The zero-order chi connectivity index (χ0) is 22.1. The average Bonchev–Trinajstić information content (AvgIpc) is 3.43. The molecule has 5 rings (SSSR count). The van der Waals surface area contributed by atoms with Crippen molar-refractivity contribution in [1.82, 2.24) is 9.88 Å². The molecule has 0 aliphatic carbocycles. The largest absolute Gasteiger partial charge is 0.379 e. The molecule has 0 saturated carbocycles. The average molecular weight is 469 g/mol. The lowest BCUT2D eigenvalue weighted by Crippen LogP contribution is -2.43. The molecule has 0 bridgehead atoms. The van der Waals surface area contributed by atoms with E-state index in [0.29, 0.717) is 35.2 Å². The van der Waals surface area contributed by atoms with Gasteiger partial charge in [-0.05, 0) is 24.3 Å². The minimum atomic E-state index is -0.422. The predicted molar refractivity (Wildman–Crippen MR) is 127 cm³/mol. The molecule has 0 unspecified atom stereocenters. The number of hydrogen-bond acceptors (Lipinski definition) is 8. The van der Waals surface area contributed by atoms with Crippen molar-refractivity contribution >= 4 is 59.7 Å². The first-order valence-corrected chi connectivity index (χ1v) is 11.9. The number of para-hydroxylation sites is 1. The number of nitrogens with zero attached hydrogens (tertiary/aromatic N) is 4. The number of rotatable bonds is 6. The summed E-state index contributed by atoms with van der Waals surface area (Å²) >= 11 is 2.84. The van der Waals surface area contributed by atoms with Crippen LogP contribution in [0.2, 0.25) is 0 Å². The highest BCUT2D eigenvalue weighted by Gasteiger charge is 2.24. The van der Waals surface area contributed by atoms with Crippen LogP contribution < -0.4 is 4.90 Å². The highest BCUT2D eigenvalue weighted by Crippen LogP contribution is 2.33. The zero-order valence-corrected chi connectivity index (χ0v) is 18.7. The number of anilines is 1. The van der Waals surface area contributed by atoms with Crippen LogP contribution in [0.25, 0.3) is 20.3 Å². The summed E-state index contributed by atoms with van der Waals surface area (Å²) in [4.78, 5) is 33.6. The lowest BCUT2D eigenvalue weighted by molar-refractivity contribution is -0.384. The molecule has 164 valence electrons. The molecule has 1 fully saturated rings. The summed E-state index contributed by atoms with van der Waals surface area (Å²) in [6.07, 6.45) is 0. The van der Waals surface area contributed by atoms with Crippen LogP contribution >= 0.6 is 22.7 Å². The highest BCUT2D eigenvalue weighted by atomic mass is 32.1. The molecule has 8 nitrogen and oxygen atoms in total. The number of amides is 1. The summed E-state index contributed by atoms with van der Waals surface area (Å²) < 4.78 is 7.30. The maximum Gasteiger partial charge on any atom is 0.270 e. The van der Waals surface area contributed by atoms with Crippen molar-refractivity contribution in [2.24, 2.45) is 0 Å². The Morgan fingerprint density at radius 3 is 2.72 bits per heavy atom. The molecular weight excluding hydrogens is 448 g/mol. The van der Waals surface area contributed by atoms with Gasteiger partial charge in [0.05, 0.1) is 33.2 Å². The molecule has 32 heavy (non-hydrogen) atoms. The number of nitro groups is 1. The molecule has 10 heteroatoms. The molecule has 1 aliphatic heterocycles. The molecule has 1 saturated heterocycles. The molecular formula is C22H20N4O4S2. The van der Waals surface area contributed by atoms with Gasteiger partial charge in [-0.15, -0.1) is 11.3 Å². The van der Waals surface area contributed by atoms with Gasteiger partial charge in [0.15, 0.2) is 5.13 Å². The predicted octanol–water partition coefficient (Wildman–Crippen LogP) is 4.40. The first-order chi connectivity index (χ1) is 15.6. The maximum atomic E-state index is 13.6. The van der Waals surface area contributed by atoms with E-state index in [2.05, 4.69) is 4.90 Å². The van der Waals surface area contributed by atoms with Gasteiger partial charge in [-0.3, -0.25) is 24.7 Å². The smallest absolute Gasteiger partial charge is 0.270 e. The molecule has 0 radical (unpaired) electrons. The van der Waals surface area contributed by atoms with Crippen LogP contribution in [0.5, 0.6) is 0 Å². The van der Waals surface area contributed by atoms with Crippen molar-refractivity contribution in [2.75, 3.05) is 44.3 Å². The van der Waals surface area contributed by atoms with Crippen molar-refractivity contribution in [3.05, 3.63) is 63.5 Å². The monoisotopic (exact) mass is 468 g/mol. The number of carbonyl (C=O) groups excluding carboxylic acids is 1. The van der Waals surface area contributed by atoms with Crippen molar-refractivity contribution in [1.29, 1.82) is 0 Å². The lowest BCUT2D eigenvalue weighted by Gasteiger charge is -2.29. The van der Waals surface area contributed by atoms with E-state index in [1.807, 2.05) is 24.3 Å². The van der Waals surface area contributed by atoms with Crippen molar-refractivity contribution in [3.63, 3.8) is 0 Å². The zero-order valence-electron chi connectivity index (χ0n) is 17.1. The second-order valence-corrected chi connectivity index (χ2v) is 9.56. The van der Waals surface area contributed by atoms with E-state index >= 15 is 0 Å². The number of ether oxygens (including phenoxy) is 1. The Morgan fingerprint density at radius 1 is 1.12 bits per heavy atom. The summed E-state index contributed by atoms with van der Waals surface area (Å²) in [7, 11) is 0. The van der Waals surface area contributed by atoms with Crippen molar-refractivity contribution in [2.45, 2.75) is 0 Å². The van der Waals surface area contributed by atoms with E-state index in [-0.39, 0.29) is 11.6 Å². The Balaban J connectivity index is 1.47. The Hall–Kier alpha value is -2.92. The number of carbonyl (C=O) groups is 1. The molecule has 3 heterocycles. The fourth-order valence-electron chi connectivity index (χ4n) is 3.71. The van der Waals surface area contributed by atoms with E-state index in [1.165, 1.54) is 34.8 Å². The third-order valence-electron chi connectivity index (χ3n) is 5.42. The quantitative estimate of drug-likeness (QED) is 0.308. The van der Waals surface area contributed by atoms with Crippen LogP contribution in [0.15, 0.2) is 48.5 Å². The molecule has 1 aliphatic rings. The topological polar surface area (TPSA) is 88.8 Å². The highest BCUT2D eigenvalue weighted by molar-refractivity contribution is 7.23. The van der Waals surface area contributed by atoms with Gasteiger partial charge in [-0.2, -0.15) is 0 Å². The van der Waals surface area contributed by atoms with E-state index in [9.17, 15) is 14.9 Å². The SMILES string of the molecule is O=C(c1cc2cc([N+](=O)[O-])ccc2s1)N(CCN1CCOCC1)c1nc2ccccc2s1. The van der Waals surface area contributed by atoms with Gasteiger partial charge >= 0.3 is 0 Å². The summed E-state index contributed by atoms with van der Waals surface area (Å²) in [5.74, 6) is -0.138. The third kappa shape index (κ3) is 4.22. The Bertz CT molecular complexity index is 1260. The first-order valence-electron chi connectivity index (χ1n) is 10.2. The third-order valence-corrected chi connectivity index (χ3v) is 7.59. The first kappa shape index (κ1) is 21.0. The molecule has 0 N–H and O–H groups in total. The summed E-state index contributed by atoms with van der Waals surface area (Å²) in [6.45, 7) is 4.31. The van der Waals surface area contributed by atoms with Gasteiger partial charge in [0, 0.05) is 48.4 Å². The molecule has 0 atom stereocenters. The maximum absolute atomic E-state index is 13.6. The Morgan fingerprint density at radius 2 is 1.94 bits per heavy atom. The van der Waals surface area contributed by atoms with Gasteiger partial charge in [0.1, 0.15) is 0 Å². The molecule has 2 aromatic carbocycles. The van der Waals surface area contributed by atoms with Crippen molar-refractivity contribution in [3.8, 4) is 0 Å². The lowest BCUT2D eigenvalue weighted by atomic mass is 10.2. The molecule has 4 aromatic rings. The standard InChI is InChI=1S/C22H20N4O4S2/c27-21(20-14-15-13-16(26(28)29)5-6-18(15)31-20)25(8-7-24-9-11-30-12-10-24)22-23-17-3-1-2-4-19(17)32-22/h1-6,13-14H,7-12H2. The van der Waals surface area contributed by atoms with Crippen LogP contribution in [0.4, 0.5) is 10.8 Å². The number of thiazole rings is 1. The number of benzene rings is 2. The van der Waals surface area contributed by atoms with Crippen LogP contribution in [0.3, 0.4) is 0 Å². The van der Waals surface area contributed by atoms with E-state index in [4.69, 9.17) is 9.72 Å². The number of aromatic nitrogens is 1. The van der Waals surface area contributed by atoms with E-state index in [0.717, 1.165) is 34.6 Å². The van der Waals surface area contributed by atoms with Gasteiger partial charge in [0.25, 0.3) is 11.6 Å². The summed E-state index contributed by atoms with van der Waals surface area (Å²) in [5, 5.41) is 12.5. The van der Waals surface area contributed by atoms with Gasteiger partial charge in [0.2, 0.25) is 0 Å². The molecule has 0 spiro atoms. The molecule has 1 amide bonds. The summed E-state index contributed by atoms with van der Waals surface area (Å²) in [5.41, 5.74) is 0.883. The van der Waals surface area contributed by atoms with Crippen LogP contribution in [0, 0.1) is 10.1 Å². The Labute approximate surface area is 191 Å². The normalized spacial score (nSPS) is 14.8. The Kier molecular flexibility index (Phi) is 5.83. The second kappa shape index (κ2) is 8.91. The van der Waals surface area contributed by atoms with Gasteiger partial charge in [-0.25, -0.2) is 4.98 Å². The van der Waals surface area contributed by atoms with E-state index in [1.54, 1.807) is 17.0 Å². The molecule has 2 aromatic heterocycles. The van der Waals surface area contributed by atoms with Gasteiger partial charge < -0.3 is 4.74 Å². The number of nitro benzene ring substituents is 1. The fraction of sp³-hybridized carbons (Fsp3) is 0.273. The minimum Gasteiger partial charge on any atom is -0.379 e. The summed E-state index contributed by atoms with van der Waals surface area (Å²) in [6, 6.07) is 14.3.